The van der Waals surface area contributed by atoms with Gasteiger partial charge in [0.1, 0.15) is 4.83 Å². The first-order valence-corrected chi connectivity index (χ1v) is 10.9. The number of hydrogen-bond acceptors (Lipinski definition) is 4. The molecule has 0 fully saturated rings. The molecule has 0 amide bonds. The Bertz CT molecular complexity index is 1030. The van der Waals surface area contributed by atoms with E-state index < -0.39 is 0 Å². The van der Waals surface area contributed by atoms with Gasteiger partial charge in [0, 0.05) is 5.39 Å². The smallest absolute Gasteiger partial charge is 0.127 e. The van der Waals surface area contributed by atoms with Gasteiger partial charge in [0.25, 0.3) is 0 Å². The van der Waals surface area contributed by atoms with Crippen LogP contribution in [0.2, 0.25) is 0 Å². The van der Waals surface area contributed by atoms with Crippen LogP contribution in [-0.2, 0) is 0 Å². The van der Waals surface area contributed by atoms with Gasteiger partial charge in [0.05, 0.1) is 20.5 Å². The van der Waals surface area contributed by atoms with Gasteiger partial charge in [-0.2, -0.15) is 10.5 Å². The van der Waals surface area contributed by atoms with Crippen LogP contribution in [0.1, 0.15) is 0 Å². The van der Waals surface area contributed by atoms with Crippen molar-refractivity contribution >= 4 is 54.9 Å². The van der Waals surface area contributed by atoms with E-state index in [1.165, 1.54) is 10.4 Å². The van der Waals surface area contributed by atoms with Crippen LogP contribution in [0, 0.1) is 0 Å². The minimum atomic E-state index is -0.125. The summed E-state index contributed by atoms with van der Waals surface area (Å²) < 4.78 is 1.14. The number of hydrogen-bond donors (Lipinski definition) is 1. The average Bonchev–Trinajstić information content (AvgIpc) is 3.23. The number of nitrogens with zero attached hydrogens (tertiary/aromatic N) is 1. The van der Waals surface area contributed by atoms with Crippen molar-refractivity contribution in [3.05, 3.63) is 53.9 Å². The van der Waals surface area contributed by atoms with E-state index in [-0.39, 0.29) is 10.5 Å². The molecule has 0 aliphatic heterocycles. The van der Waals surface area contributed by atoms with Crippen molar-refractivity contribution < 1.29 is 0 Å². The minimum Gasteiger partial charge on any atom is -0.397 e. The first-order valence-electron chi connectivity index (χ1n) is 7.43. The zero-order chi connectivity index (χ0) is 16.7. The number of rotatable bonds is 3. The van der Waals surface area contributed by atoms with E-state index in [1.807, 2.05) is 6.07 Å². The van der Waals surface area contributed by atoms with Gasteiger partial charge in [-0.25, -0.2) is 4.98 Å². The van der Waals surface area contributed by atoms with Gasteiger partial charge in [-0.15, -0.1) is 22.7 Å². The van der Waals surface area contributed by atoms with Gasteiger partial charge in [0.15, 0.2) is 0 Å². The molecule has 4 rings (SSSR count). The lowest BCUT2D eigenvalue weighted by Crippen LogP contribution is -1.90. The molecule has 1 unspecified atom stereocenters. The quantitative estimate of drug-likeness (QED) is 0.453. The van der Waals surface area contributed by atoms with Crippen molar-refractivity contribution in [2.24, 2.45) is 0 Å². The fourth-order valence-electron chi connectivity index (χ4n) is 2.76. The van der Waals surface area contributed by atoms with Crippen molar-refractivity contribution in [2.75, 3.05) is 12.0 Å². The summed E-state index contributed by atoms with van der Waals surface area (Å²) in [6.07, 6.45) is 2.10. The van der Waals surface area contributed by atoms with Crippen LogP contribution < -0.4 is 5.73 Å². The molecule has 0 aliphatic rings. The Balaban J connectivity index is 2.08. The average molecular weight is 369 g/mol. The Kier molecular flexibility index (Phi) is 4.00. The molecule has 0 radical (unpaired) electrons. The van der Waals surface area contributed by atoms with Crippen LogP contribution in [0.4, 0.5) is 5.69 Å². The molecule has 4 aromatic rings. The van der Waals surface area contributed by atoms with E-state index in [2.05, 4.69) is 60.0 Å². The number of nitrogens with two attached hydrogens (primary N) is 1. The molecule has 1 atom stereocenters. The monoisotopic (exact) mass is 368 g/mol. The lowest BCUT2D eigenvalue weighted by atomic mass is 10.0. The molecule has 0 saturated carbocycles. The number of fused-ring (bicyclic) bond motifs is 1. The van der Waals surface area contributed by atoms with Gasteiger partial charge >= 0.3 is 0 Å². The molecule has 24 heavy (non-hydrogen) atoms. The number of nitrogen functional groups attached to an aromatic ring is 1. The van der Waals surface area contributed by atoms with E-state index in [4.69, 9.17) is 10.7 Å². The zero-order valence-corrected chi connectivity index (χ0v) is 15.6. The largest absolute Gasteiger partial charge is 0.397 e. The van der Waals surface area contributed by atoms with Crippen molar-refractivity contribution in [3.8, 4) is 21.7 Å². The van der Waals surface area contributed by atoms with E-state index >= 15 is 0 Å². The molecule has 120 valence electrons. The summed E-state index contributed by atoms with van der Waals surface area (Å²) in [5.74, 6) is 4.17. The van der Waals surface area contributed by atoms with Gasteiger partial charge in [0.2, 0.25) is 0 Å². The summed E-state index contributed by atoms with van der Waals surface area (Å²) in [6, 6.07) is 16.7. The minimum absolute atomic E-state index is 0.125. The standard InChI is InChI=1S/C19H16N2S3/c1-24(2)19-17(20)16-13(12-7-4-3-5-8-12)11-14(21-18(16)23-19)15-9-6-10-22-15/h3-11H,1,20H2,2H3. The molecule has 3 aromatic heterocycles. The van der Waals surface area contributed by atoms with Crippen LogP contribution in [0.25, 0.3) is 31.9 Å². The summed E-state index contributed by atoms with van der Waals surface area (Å²) in [6.45, 7) is 0. The van der Waals surface area contributed by atoms with Gasteiger partial charge in [-0.05, 0) is 34.9 Å². The molecule has 1 aromatic carbocycles. The highest BCUT2D eigenvalue weighted by atomic mass is 32.2. The highest BCUT2D eigenvalue weighted by molar-refractivity contribution is 8.15. The van der Waals surface area contributed by atoms with Crippen molar-refractivity contribution in [1.82, 2.24) is 4.98 Å². The predicted molar refractivity (Wildman–Crippen MR) is 112 cm³/mol. The lowest BCUT2D eigenvalue weighted by molar-refractivity contribution is 1.45. The Morgan fingerprint density at radius 2 is 1.92 bits per heavy atom. The highest BCUT2D eigenvalue weighted by Crippen LogP contribution is 2.46. The third-order valence-corrected chi connectivity index (χ3v) is 7.58. The maximum Gasteiger partial charge on any atom is 0.127 e. The fraction of sp³-hybridized carbons (Fsp3) is 0.0526. The summed E-state index contributed by atoms with van der Waals surface area (Å²) in [4.78, 5) is 7.06. The van der Waals surface area contributed by atoms with Crippen molar-refractivity contribution in [3.63, 3.8) is 0 Å². The third kappa shape index (κ3) is 2.59. The highest BCUT2D eigenvalue weighted by Gasteiger charge is 2.18. The Hall–Kier alpha value is -1.95. The molecule has 5 heteroatoms. The molecule has 0 saturated heterocycles. The van der Waals surface area contributed by atoms with Crippen molar-refractivity contribution in [2.45, 2.75) is 4.21 Å². The predicted octanol–water partition coefficient (Wildman–Crippen LogP) is 5.96. The van der Waals surface area contributed by atoms with Crippen LogP contribution in [0.15, 0.2) is 58.1 Å². The molecule has 0 bridgehead atoms. The second-order valence-corrected chi connectivity index (χ2v) is 9.41. The van der Waals surface area contributed by atoms with Crippen molar-refractivity contribution in [1.29, 1.82) is 0 Å². The van der Waals surface area contributed by atoms with Gasteiger partial charge in [-0.1, -0.05) is 42.3 Å². The Labute approximate surface area is 151 Å². The normalized spacial score (nSPS) is 12.5. The second-order valence-electron chi connectivity index (χ2n) is 5.52. The lowest BCUT2D eigenvalue weighted by Gasteiger charge is -2.08. The molecular formula is C19H16N2S3. The Morgan fingerprint density at radius 1 is 1.12 bits per heavy atom. The number of thiophene rings is 2. The number of anilines is 1. The van der Waals surface area contributed by atoms with E-state index in [9.17, 15) is 0 Å². The first kappa shape index (κ1) is 15.6. The van der Waals surface area contributed by atoms with Crippen LogP contribution in [-0.4, -0.2) is 17.1 Å². The van der Waals surface area contributed by atoms with E-state index in [0.29, 0.717) is 0 Å². The van der Waals surface area contributed by atoms with E-state index in [1.54, 1.807) is 22.7 Å². The van der Waals surface area contributed by atoms with Crippen LogP contribution in [0.5, 0.6) is 0 Å². The van der Waals surface area contributed by atoms with Gasteiger partial charge in [-0.3, -0.25) is 0 Å². The second kappa shape index (κ2) is 6.16. The fourth-order valence-corrected chi connectivity index (χ4v) is 5.58. The number of pyridine rings is 1. The summed E-state index contributed by atoms with van der Waals surface area (Å²) in [7, 11) is -0.125. The van der Waals surface area contributed by atoms with Crippen LogP contribution in [0.3, 0.4) is 0 Å². The summed E-state index contributed by atoms with van der Waals surface area (Å²) in [5, 5.41) is 3.14. The maximum absolute atomic E-state index is 6.49. The molecule has 3 heterocycles. The number of aromatic nitrogens is 1. The maximum atomic E-state index is 6.49. The third-order valence-electron chi connectivity index (χ3n) is 3.84. The van der Waals surface area contributed by atoms with E-state index in [0.717, 1.165) is 31.4 Å². The molecular weight excluding hydrogens is 352 g/mol. The molecule has 2 nitrogen and oxygen atoms in total. The molecule has 2 N–H and O–H groups in total. The Morgan fingerprint density at radius 3 is 2.58 bits per heavy atom. The molecule has 0 spiro atoms. The van der Waals surface area contributed by atoms with Crippen LogP contribution >= 0.6 is 33.2 Å². The SMILES string of the molecule is C=S(C)c1sc2nc(-c3cccs3)cc(-c3ccccc3)c2c1N. The summed E-state index contributed by atoms with van der Waals surface area (Å²) in [5.41, 5.74) is 10.6. The number of benzene rings is 1. The zero-order valence-electron chi connectivity index (χ0n) is 13.2. The molecule has 0 aliphatic carbocycles. The first-order chi connectivity index (χ1) is 11.6. The topological polar surface area (TPSA) is 38.9 Å². The summed E-state index contributed by atoms with van der Waals surface area (Å²) >= 11 is 3.38. The van der Waals surface area contributed by atoms with Gasteiger partial charge < -0.3 is 5.73 Å².